The number of carbonyl (C=O) groups excluding carboxylic acids is 1. The van der Waals surface area contributed by atoms with Crippen LogP contribution in [0.2, 0.25) is 0 Å². The normalized spacial score (nSPS) is 27.6. The summed E-state index contributed by atoms with van der Waals surface area (Å²) < 4.78 is 0. The summed E-state index contributed by atoms with van der Waals surface area (Å²) in [6.45, 7) is 3.03. The Labute approximate surface area is 121 Å². The Kier molecular flexibility index (Phi) is 4.82. The van der Waals surface area contributed by atoms with Gasteiger partial charge in [-0.05, 0) is 39.0 Å². The third kappa shape index (κ3) is 2.93. The summed E-state index contributed by atoms with van der Waals surface area (Å²) in [5.74, 6) is 0.217. The summed E-state index contributed by atoms with van der Waals surface area (Å²) in [6.07, 6.45) is 9.71. The number of piperidine rings is 1. The molecule has 1 amide bonds. The topological polar surface area (TPSA) is 46.3 Å². The molecule has 1 saturated carbocycles. The van der Waals surface area contributed by atoms with Crippen molar-refractivity contribution in [3.05, 3.63) is 0 Å². The van der Waals surface area contributed by atoms with Gasteiger partial charge in [0.2, 0.25) is 5.91 Å². The Hall–Kier alpha value is -0.640. The maximum Gasteiger partial charge on any atom is 0.235 e. The molecule has 1 heterocycles. The van der Waals surface area contributed by atoms with Crippen molar-refractivity contribution in [3.63, 3.8) is 0 Å². The first kappa shape index (κ1) is 14.8. The zero-order chi connectivity index (χ0) is 13.9. The van der Waals surface area contributed by atoms with Gasteiger partial charge in [-0.25, -0.2) is 0 Å². The Balaban J connectivity index is 2.22. The molecule has 19 heavy (non-hydrogen) atoms. The van der Waals surface area contributed by atoms with Crippen molar-refractivity contribution in [1.29, 1.82) is 0 Å². The van der Waals surface area contributed by atoms with E-state index in [1.165, 1.54) is 19.3 Å². The van der Waals surface area contributed by atoms with E-state index in [1.807, 2.05) is 4.90 Å². The van der Waals surface area contributed by atoms with Gasteiger partial charge < -0.3 is 10.6 Å². The second-order valence-electron chi connectivity index (χ2n) is 6.20. The Bertz CT molecular complexity index is 348. The van der Waals surface area contributed by atoms with Crippen LogP contribution in [0.5, 0.6) is 0 Å². The maximum absolute atomic E-state index is 13.0. The van der Waals surface area contributed by atoms with E-state index in [4.69, 9.17) is 18.0 Å². The molecule has 0 aromatic rings. The van der Waals surface area contributed by atoms with E-state index < -0.39 is 5.41 Å². The molecule has 1 aliphatic heterocycles. The fourth-order valence-electron chi connectivity index (χ4n) is 3.57. The number of amides is 1. The van der Waals surface area contributed by atoms with Gasteiger partial charge in [-0.2, -0.15) is 0 Å². The molecule has 2 aliphatic rings. The molecule has 0 radical (unpaired) electrons. The van der Waals surface area contributed by atoms with E-state index in [2.05, 4.69) is 6.92 Å². The summed E-state index contributed by atoms with van der Waals surface area (Å²) in [4.78, 5) is 15.5. The van der Waals surface area contributed by atoms with Crippen LogP contribution in [-0.4, -0.2) is 28.4 Å². The molecule has 2 N–H and O–H groups in total. The third-order valence-corrected chi connectivity index (χ3v) is 5.29. The minimum absolute atomic E-state index is 0.217. The van der Waals surface area contributed by atoms with Crippen LogP contribution in [-0.2, 0) is 4.79 Å². The van der Waals surface area contributed by atoms with Gasteiger partial charge in [0.1, 0.15) is 0 Å². The van der Waals surface area contributed by atoms with Crippen LogP contribution >= 0.6 is 12.2 Å². The van der Waals surface area contributed by atoms with E-state index >= 15 is 0 Å². The van der Waals surface area contributed by atoms with Gasteiger partial charge in [-0.15, -0.1) is 0 Å². The predicted molar refractivity (Wildman–Crippen MR) is 81.9 cm³/mol. The summed E-state index contributed by atoms with van der Waals surface area (Å²) in [5, 5.41) is 0. The largest absolute Gasteiger partial charge is 0.392 e. The van der Waals surface area contributed by atoms with Gasteiger partial charge in [0, 0.05) is 12.6 Å². The standard InChI is InChI=1S/C15H26N2OS/c1-12-8-4-7-11-17(12)14(18)15(13(16)19)9-5-2-3-6-10-15/h12H,2-11H2,1H3,(H2,16,19). The molecule has 0 aromatic carbocycles. The number of hydrogen-bond donors (Lipinski definition) is 1. The smallest absolute Gasteiger partial charge is 0.235 e. The first-order valence-electron chi connectivity index (χ1n) is 7.69. The highest BCUT2D eigenvalue weighted by Gasteiger charge is 2.45. The monoisotopic (exact) mass is 282 g/mol. The van der Waals surface area contributed by atoms with E-state index in [0.29, 0.717) is 11.0 Å². The predicted octanol–water partition coefficient (Wildman–Crippen LogP) is 3.01. The average Bonchev–Trinajstić information content (AvgIpc) is 2.65. The second-order valence-corrected chi connectivity index (χ2v) is 6.64. The highest BCUT2D eigenvalue weighted by atomic mass is 32.1. The van der Waals surface area contributed by atoms with Crippen molar-refractivity contribution in [1.82, 2.24) is 4.90 Å². The van der Waals surface area contributed by atoms with Crippen LogP contribution < -0.4 is 5.73 Å². The van der Waals surface area contributed by atoms with Crippen LogP contribution in [0.1, 0.15) is 64.7 Å². The van der Waals surface area contributed by atoms with Crippen molar-refractivity contribution in [2.24, 2.45) is 11.1 Å². The molecular formula is C15H26N2OS. The lowest BCUT2D eigenvalue weighted by Gasteiger charge is -2.41. The lowest BCUT2D eigenvalue weighted by atomic mass is 9.78. The first-order valence-corrected chi connectivity index (χ1v) is 8.10. The highest BCUT2D eigenvalue weighted by Crippen LogP contribution is 2.38. The summed E-state index contributed by atoms with van der Waals surface area (Å²) >= 11 is 5.30. The fraction of sp³-hybridized carbons (Fsp3) is 0.867. The van der Waals surface area contributed by atoms with Crippen LogP contribution in [0, 0.1) is 5.41 Å². The average molecular weight is 282 g/mol. The molecule has 0 spiro atoms. The molecule has 2 fully saturated rings. The minimum atomic E-state index is -0.544. The van der Waals surface area contributed by atoms with E-state index in [1.54, 1.807) is 0 Å². The molecule has 3 nitrogen and oxygen atoms in total. The first-order chi connectivity index (χ1) is 9.08. The van der Waals surface area contributed by atoms with Crippen LogP contribution in [0.15, 0.2) is 0 Å². The van der Waals surface area contributed by atoms with Gasteiger partial charge in [0.15, 0.2) is 0 Å². The lowest BCUT2D eigenvalue weighted by Crippen LogP contribution is -2.54. The Morgan fingerprint density at radius 2 is 1.79 bits per heavy atom. The van der Waals surface area contributed by atoms with Gasteiger partial charge in [-0.3, -0.25) is 4.79 Å². The number of rotatable bonds is 2. The van der Waals surface area contributed by atoms with Crippen LogP contribution in [0.4, 0.5) is 0 Å². The van der Waals surface area contributed by atoms with E-state index in [9.17, 15) is 4.79 Å². The van der Waals surface area contributed by atoms with Crippen LogP contribution in [0.3, 0.4) is 0 Å². The summed E-state index contributed by atoms with van der Waals surface area (Å²) in [5.41, 5.74) is 5.46. The van der Waals surface area contributed by atoms with Gasteiger partial charge in [0.05, 0.1) is 10.4 Å². The molecular weight excluding hydrogens is 256 g/mol. The molecule has 0 aromatic heterocycles. The Morgan fingerprint density at radius 1 is 1.16 bits per heavy atom. The van der Waals surface area contributed by atoms with Gasteiger partial charge >= 0.3 is 0 Å². The molecule has 4 heteroatoms. The maximum atomic E-state index is 13.0. The number of carbonyl (C=O) groups is 1. The van der Waals surface area contributed by atoms with Gasteiger partial charge in [0.25, 0.3) is 0 Å². The van der Waals surface area contributed by atoms with Crippen LogP contribution in [0.25, 0.3) is 0 Å². The molecule has 0 bridgehead atoms. The molecule has 1 atom stereocenters. The SMILES string of the molecule is CC1CCCCN1C(=O)C1(C(N)=S)CCCCCC1. The minimum Gasteiger partial charge on any atom is -0.392 e. The third-order valence-electron chi connectivity index (χ3n) is 4.90. The molecule has 1 aliphatic carbocycles. The number of hydrogen-bond acceptors (Lipinski definition) is 2. The zero-order valence-electron chi connectivity index (χ0n) is 12.0. The second kappa shape index (κ2) is 6.21. The van der Waals surface area contributed by atoms with Crippen molar-refractivity contribution in [2.75, 3.05) is 6.54 Å². The summed E-state index contributed by atoms with van der Waals surface area (Å²) in [6, 6.07) is 0.343. The number of thiocarbonyl (C=S) groups is 1. The lowest BCUT2D eigenvalue weighted by molar-refractivity contribution is -0.142. The molecule has 1 unspecified atom stereocenters. The summed E-state index contributed by atoms with van der Waals surface area (Å²) in [7, 11) is 0. The van der Waals surface area contributed by atoms with E-state index in [0.717, 1.165) is 45.1 Å². The van der Waals surface area contributed by atoms with Crippen molar-refractivity contribution < 1.29 is 4.79 Å². The quantitative estimate of drug-likeness (QED) is 0.625. The van der Waals surface area contributed by atoms with Crippen molar-refractivity contribution >= 4 is 23.1 Å². The van der Waals surface area contributed by atoms with Gasteiger partial charge in [-0.1, -0.05) is 37.9 Å². The highest BCUT2D eigenvalue weighted by molar-refractivity contribution is 7.80. The van der Waals surface area contributed by atoms with E-state index in [-0.39, 0.29) is 5.91 Å². The number of likely N-dealkylation sites (tertiary alicyclic amines) is 1. The van der Waals surface area contributed by atoms with Crippen molar-refractivity contribution in [3.8, 4) is 0 Å². The van der Waals surface area contributed by atoms with Crippen molar-refractivity contribution in [2.45, 2.75) is 70.8 Å². The number of nitrogens with two attached hydrogens (primary N) is 1. The zero-order valence-corrected chi connectivity index (χ0v) is 12.8. The molecule has 1 saturated heterocycles. The number of nitrogens with zero attached hydrogens (tertiary/aromatic N) is 1. The molecule has 2 rings (SSSR count). The molecule has 108 valence electrons. The fourth-order valence-corrected chi connectivity index (χ4v) is 3.86. The Morgan fingerprint density at radius 3 is 2.32 bits per heavy atom.